The molecule has 0 aliphatic heterocycles. The predicted molar refractivity (Wildman–Crippen MR) is 77.8 cm³/mol. The topological polar surface area (TPSA) is 20.2 Å². The van der Waals surface area contributed by atoms with Gasteiger partial charge in [-0.15, -0.1) is 11.8 Å². The molecule has 0 bridgehead atoms. The normalized spacial score (nSPS) is 12.4. The first kappa shape index (κ1) is 13.2. The molecule has 0 saturated carbocycles. The summed E-state index contributed by atoms with van der Waals surface area (Å²) >= 11 is 1.83. The van der Waals surface area contributed by atoms with Gasteiger partial charge in [0.25, 0.3) is 0 Å². The highest BCUT2D eigenvalue weighted by molar-refractivity contribution is 7.98. The van der Waals surface area contributed by atoms with Crippen molar-refractivity contribution in [1.82, 2.24) is 0 Å². The summed E-state index contributed by atoms with van der Waals surface area (Å²) in [4.78, 5) is 1.24. The molecule has 0 fully saturated rings. The van der Waals surface area contributed by atoms with Gasteiger partial charge in [0, 0.05) is 10.6 Å². The molecule has 2 rings (SSSR count). The Kier molecular flexibility index (Phi) is 4.45. The molecule has 2 aromatic carbocycles. The van der Waals surface area contributed by atoms with Crippen LogP contribution in [0.2, 0.25) is 0 Å². The van der Waals surface area contributed by atoms with Crippen molar-refractivity contribution in [2.45, 2.75) is 30.6 Å². The minimum atomic E-state index is -0.389. The number of rotatable bonds is 4. The van der Waals surface area contributed by atoms with E-state index < -0.39 is 0 Å². The lowest BCUT2D eigenvalue weighted by Gasteiger charge is -2.07. The molecule has 0 aromatic heterocycles. The molecule has 94 valence electrons. The Labute approximate surface area is 113 Å². The molecule has 18 heavy (non-hydrogen) atoms. The van der Waals surface area contributed by atoms with Crippen molar-refractivity contribution in [3.8, 4) is 0 Å². The quantitative estimate of drug-likeness (QED) is 0.823. The molecular formula is C16H18OS. The van der Waals surface area contributed by atoms with Gasteiger partial charge in [-0.25, -0.2) is 0 Å². The number of aryl methyl sites for hydroxylation is 1. The molecule has 0 unspecified atom stereocenters. The first-order valence-corrected chi connectivity index (χ1v) is 7.10. The van der Waals surface area contributed by atoms with E-state index in [1.54, 1.807) is 6.92 Å². The summed E-state index contributed by atoms with van der Waals surface area (Å²) in [6, 6.07) is 16.6. The zero-order valence-electron chi connectivity index (χ0n) is 10.8. The summed E-state index contributed by atoms with van der Waals surface area (Å²) in [5.41, 5.74) is 3.68. The van der Waals surface area contributed by atoms with Crippen LogP contribution in [0.5, 0.6) is 0 Å². The van der Waals surface area contributed by atoms with Crippen LogP contribution in [-0.2, 0) is 5.75 Å². The van der Waals surface area contributed by atoms with Crippen molar-refractivity contribution in [3.63, 3.8) is 0 Å². The van der Waals surface area contributed by atoms with Crippen molar-refractivity contribution in [2.75, 3.05) is 0 Å². The van der Waals surface area contributed by atoms with Gasteiger partial charge in [0.05, 0.1) is 6.10 Å². The molecule has 0 aliphatic rings. The van der Waals surface area contributed by atoms with Crippen LogP contribution in [-0.4, -0.2) is 5.11 Å². The summed E-state index contributed by atoms with van der Waals surface area (Å²) in [6.45, 7) is 3.93. The van der Waals surface area contributed by atoms with Gasteiger partial charge in [-0.05, 0) is 42.7 Å². The lowest BCUT2D eigenvalue weighted by Crippen LogP contribution is -1.90. The molecular weight excluding hydrogens is 240 g/mol. The van der Waals surface area contributed by atoms with Crippen LogP contribution in [0.25, 0.3) is 0 Å². The van der Waals surface area contributed by atoms with Crippen LogP contribution in [0.1, 0.15) is 29.7 Å². The molecule has 1 atom stereocenters. The fourth-order valence-electron chi connectivity index (χ4n) is 1.78. The molecule has 0 spiro atoms. The Morgan fingerprint density at radius 1 is 1.06 bits per heavy atom. The molecule has 0 saturated heterocycles. The lowest BCUT2D eigenvalue weighted by molar-refractivity contribution is 0.199. The average molecular weight is 258 g/mol. The Bertz CT molecular complexity index is 503. The SMILES string of the molecule is Cc1ccccc1CSc1ccc([C@H](C)O)cc1. The predicted octanol–water partition coefficient (Wildman–Crippen LogP) is 4.34. The van der Waals surface area contributed by atoms with Gasteiger partial charge < -0.3 is 5.11 Å². The molecule has 2 aromatic rings. The minimum absolute atomic E-state index is 0.389. The summed E-state index contributed by atoms with van der Waals surface area (Å²) in [5, 5.41) is 9.45. The molecule has 1 N–H and O–H groups in total. The second-order valence-corrected chi connectivity index (χ2v) is 5.51. The number of benzene rings is 2. The number of aliphatic hydroxyl groups is 1. The third-order valence-corrected chi connectivity index (χ3v) is 4.08. The number of hydrogen-bond donors (Lipinski definition) is 1. The summed E-state index contributed by atoms with van der Waals surface area (Å²) in [7, 11) is 0. The van der Waals surface area contributed by atoms with Gasteiger partial charge in [-0.1, -0.05) is 36.4 Å². The van der Waals surface area contributed by atoms with E-state index in [-0.39, 0.29) is 6.10 Å². The Morgan fingerprint density at radius 2 is 1.72 bits per heavy atom. The average Bonchev–Trinajstić information content (AvgIpc) is 2.38. The van der Waals surface area contributed by atoms with E-state index in [0.717, 1.165) is 11.3 Å². The van der Waals surface area contributed by atoms with Gasteiger partial charge in [0.1, 0.15) is 0 Å². The van der Waals surface area contributed by atoms with Crippen molar-refractivity contribution < 1.29 is 5.11 Å². The molecule has 2 heteroatoms. The van der Waals surface area contributed by atoms with Crippen LogP contribution in [0, 0.1) is 6.92 Å². The zero-order chi connectivity index (χ0) is 13.0. The van der Waals surface area contributed by atoms with E-state index in [4.69, 9.17) is 0 Å². The lowest BCUT2D eigenvalue weighted by atomic mass is 10.1. The van der Waals surface area contributed by atoms with E-state index in [2.05, 4.69) is 43.3 Å². The number of hydrogen-bond acceptors (Lipinski definition) is 2. The van der Waals surface area contributed by atoms with Gasteiger partial charge in [0.2, 0.25) is 0 Å². The van der Waals surface area contributed by atoms with Crippen LogP contribution in [0.3, 0.4) is 0 Å². The fourth-order valence-corrected chi connectivity index (χ4v) is 2.75. The maximum Gasteiger partial charge on any atom is 0.0761 e. The van der Waals surface area contributed by atoms with Crippen LogP contribution in [0.15, 0.2) is 53.4 Å². The monoisotopic (exact) mass is 258 g/mol. The summed E-state index contributed by atoms with van der Waals surface area (Å²) < 4.78 is 0. The third kappa shape index (κ3) is 3.37. The number of thioether (sulfide) groups is 1. The first-order chi connectivity index (χ1) is 8.66. The maximum atomic E-state index is 9.45. The Hall–Kier alpha value is -1.25. The van der Waals surface area contributed by atoms with Crippen molar-refractivity contribution >= 4 is 11.8 Å². The van der Waals surface area contributed by atoms with E-state index >= 15 is 0 Å². The van der Waals surface area contributed by atoms with Crippen molar-refractivity contribution in [1.29, 1.82) is 0 Å². The van der Waals surface area contributed by atoms with Crippen molar-refractivity contribution in [3.05, 3.63) is 65.2 Å². The van der Waals surface area contributed by atoms with Crippen molar-refractivity contribution in [2.24, 2.45) is 0 Å². The van der Waals surface area contributed by atoms with E-state index in [9.17, 15) is 5.11 Å². The van der Waals surface area contributed by atoms with Gasteiger partial charge in [-0.2, -0.15) is 0 Å². The van der Waals surface area contributed by atoms with E-state index in [1.807, 2.05) is 23.9 Å². The van der Waals surface area contributed by atoms with E-state index in [1.165, 1.54) is 16.0 Å². The fraction of sp³-hybridized carbons (Fsp3) is 0.250. The second-order valence-electron chi connectivity index (χ2n) is 4.46. The van der Waals surface area contributed by atoms with Crippen LogP contribution >= 0.6 is 11.8 Å². The van der Waals surface area contributed by atoms with Gasteiger partial charge >= 0.3 is 0 Å². The largest absolute Gasteiger partial charge is 0.389 e. The highest BCUT2D eigenvalue weighted by atomic mass is 32.2. The summed E-state index contributed by atoms with van der Waals surface area (Å²) in [6.07, 6.45) is -0.389. The van der Waals surface area contributed by atoms with Gasteiger partial charge in [-0.3, -0.25) is 0 Å². The zero-order valence-corrected chi connectivity index (χ0v) is 11.6. The number of aliphatic hydroxyl groups excluding tert-OH is 1. The van der Waals surface area contributed by atoms with Crippen LogP contribution < -0.4 is 0 Å². The Balaban J connectivity index is 2.00. The molecule has 0 heterocycles. The molecule has 0 radical (unpaired) electrons. The molecule has 0 amide bonds. The molecule has 0 aliphatic carbocycles. The molecule has 1 nitrogen and oxygen atoms in total. The highest BCUT2D eigenvalue weighted by Crippen LogP contribution is 2.25. The summed E-state index contributed by atoms with van der Waals surface area (Å²) in [5.74, 6) is 0.987. The first-order valence-electron chi connectivity index (χ1n) is 6.12. The standard InChI is InChI=1S/C16H18OS/c1-12-5-3-4-6-15(12)11-18-16-9-7-14(8-10-16)13(2)17/h3-10,13,17H,11H2,1-2H3/t13-/m0/s1. The van der Waals surface area contributed by atoms with Crippen LogP contribution in [0.4, 0.5) is 0 Å². The maximum absolute atomic E-state index is 9.45. The Morgan fingerprint density at radius 3 is 2.33 bits per heavy atom. The smallest absolute Gasteiger partial charge is 0.0761 e. The highest BCUT2D eigenvalue weighted by Gasteiger charge is 2.02. The van der Waals surface area contributed by atoms with Gasteiger partial charge in [0.15, 0.2) is 0 Å². The second kappa shape index (κ2) is 6.07. The minimum Gasteiger partial charge on any atom is -0.389 e. The van der Waals surface area contributed by atoms with E-state index in [0.29, 0.717) is 0 Å². The third-order valence-electron chi connectivity index (χ3n) is 3.02.